The van der Waals surface area contributed by atoms with Gasteiger partial charge < -0.3 is 14.6 Å². The van der Waals surface area contributed by atoms with Gasteiger partial charge in [0.15, 0.2) is 0 Å². The van der Waals surface area contributed by atoms with E-state index in [0.29, 0.717) is 31.6 Å². The fourth-order valence-corrected chi connectivity index (χ4v) is 4.12. The molecule has 26 heavy (non-hydrogen) atoms. The van der Waals surface area contributed by atoms with Gasteiger partial charge in [-0.3, -0.25) is 9.59 Å². The molecule has 1 saturated carbocycles. The van der Waals surface area contributed by atoms with Crippen molar-refractivity contribution in [2.75, 3.05) is 19.7 Å². The molecule has 1 aliphatic carbocycles. The molecule has 1 amide bonds. The molecule has 136 valence electrons. The Kier molecular flexibility index (Phi) is 4.18. The van der Waals surface area contributed by atoms with Crippen molar-refractivity contribution in [2.24, 2.45) is 11.3 Å². The number of amides is 1. The lowest BCUT2D eigenvalue weighted by Gasteiger charge is -2.28. The maximum absolute atomic E-state index is 12.7. The van der Waals surface area contributed by atoms with Crippen molar-refractivity contribution in [3.63, 3.8) is 0 Å². The quantitative estimate of drug-likeness (QED) is 0.884. The molecule has 8 heteroatoms. The van der Waals surface area contributed by atoms with Gasteiger partial charge in [-0.1, -0.05) is 6.42 Å². The number of aryl methyl sites for hydroxylation is 1. The van der Waals surface area contributed by atoms with Crippen LogP contribution >= 0.6 is 0 Å². The van der Waals surface area contributed by atoms with Gasteiger partial charge in [0.25, 0.3) is 11.5 Å². The SMILES string of the molecule is Cc1cnc(OCC23CCCC2CN(C(=O)c2cc(=O)[nH]cn2)C3)nc1. The van der Waals surface area contributed by atoms with E-state index < -0.39 is 0 Å². The molecule has 2 aromatic heterocycles. The second-order valence-electron chi connectivity index (χ2n) is 7.27. The van der Waals surface area contributed by atoms with Crippen LogP contribution in [0.3, 0.4) is 0 Å². The molecule has 2 atom stereocenters. The number of aromatic nitrogens is 4. The highest BCUT2D eigenvalue weighted by Crippen LogP contribution is 2.49. The number of likely N-dealkylation sites (tertiary alicyclic amines) is 1. The molecule has 0 bridgehead atoms. The summed E-state index contributed by atoms with van der Waals surface area (Å²) in [5.74, 6) is 0.190. The van der Waals surface area contributed by atoms with Crippen LogP contribution in [0.5, 0.6) is 6.01 Å². The molecule has 4 rings (SSSR count). The van der Waals surface area contributed by atoms with Gasteiger partial charge in [-0.15, -0.1) is 0 Å². The van der Waals surface area contributed by atoms with Crippen molar-refractivity contribution in [3.05, 3.63) is 46.4 Å². The molecule has 2 fully saturated rings. The highest BCUT2D eigenvalue weighted by Gasteiger charge is 2.51. The zero-order valence-corrected chi connectivity index (χ0v) is 14.6. The molecule has 0 spiro atoms. The number of rotatable bonds is 4. The number of nitrogens with zero attached hydrogens (tertiary/aromatic N) is 4. The first-order valence-corrected chi connectivity index (χ1v) is 8.81. The second kappa shape index (κ2) is 6.51. The first-order valence-electron chi connectivity index (χ1n) is 8.81. The van der Waals surface area contributed by atoms with Crippen LogP contribution in [0.25, 0.3) is 0 Å². The Hall–Kier alpha value is -2.77. The molecular weight excluding hydrogens is 334 g/mol. The smallest absolute Gasteiger partial charge is 0.316 e. The number of carbonyl (C=O) groups excluding carboxylic acids is 1. The summed E-state index contributed by atoms with van der Waals surface area (Å²) in [5.41, 5.74) is 0.770. The average molecular weight is 355 g/mol. The Labute approximate surface area is 150 Å². The number of ether oxygens (including phenoxy) is 1. The van der Waals surface area contributed by atoms with Gasteiger partial charge in [0.2, 0.25) is 0 Å². The number of fused-ring (bicyclic) bond motifs is 1. The first-order chi connectivity index (χ1) is 12.6. The molecule has 2 aromatic rings. The molecule has 2 unspecified atom stereocenters. The molecule has 0 aromatic carbocycles. The third-order valence-corrected chi connectivity index (χ3v) is 5.47. The number of hydrogen-bond donors (Lipinski definition) is 1. The normalized spacial score (nSPS) is 24.5. The molecular formula is C18H21N5O3. The van der Waals surface area contributed by atoms with Crippen LogP contribution in [-0.2, 0) is 0 Å². The first kappa shape index (κ1) is 16.7. The van der Waals surface area contributed by atoms with Crippen molar-refractivity contribution in [1.29, 1.82) is 0 Å². The zero-order chi connectivity index (χ0) is 18.1. The van der Waals surface area contributed by atoms with Crippen LogP contribution in [0, 0.1) is 18.3 Å². The molecule has 2 aliphatic rings. The fraction of sp³-hybridized carbons (Fsp3) is 0.500. The number of aromatic amines is 1. The van der Waals surface area contributed by atoms with E-state index in [2.05, 4.69) is 19.9 Å². The third-order valence-electron chi connectivity index (χ3n) is 5.47. The monoisotopic (exact) mass is 355 g/mol. The summed E-state index contributed by atoms with van der Waals surface area (Å²) in [6, 6.07) is 1.62. The van der Waals surface area contributed by atoms with E-state index in [1.54, 1.807) is 17.3 Å². The lowest BCUT2D eigenvalue weighted by Crippen LogP contribution is -2.36. The minimum atomic E-state index is -0.322. The predicted octanol–water partition coefficient (Wildman–Crippen LogP) is 1.19. The Morgan fingerprint density at radius 1 is 1.38 bits per heavy atom. The van der Waals surface area contributed by atoms with E-state index in [9.17, 15) is 9.59 Å². The Balaban J connectivity index is 1.48. The largest absolute Gasteiger partial charge is 0.463 e. The maximum atomic E-state index is 12.7. The van der Waals surface area contributed by atoms with E-state index in [1.807, 2.05) is 6.92 Å². The number of carbonyl (C=O) groups is 1. The van der Waals surface area contributed by atoms with Crippen molar-refractivity contribution < 1.29 is 9.53 Å². The van der Waals surface area contributed by atoms with E-state index in [0.717, 1.165) is 24.8 Å². The van der Waals surface area contributed by atoms with Gasteiger partial charge in [-0.05, 0) is 31.2 Å². The average Bonchev–Trinajstić information content (AvgIpc) is 3.18. The number of H-pyrrole nitrogens is 1. The van der Waals surface area contributed by atoms with Crippen LogP contribution in [0.2, 0.25) is 0 Å². The van der Waals surface area contributed by atoms with Crippen molar-refractivity contribution in [1.82, 2.24) is 24.8 Å². The Morgan fingerprint density at radius 3 is 2.96 bits per heavy atom. The van der Waals surface area contributed by atoms with E-state index in [-0.39, 0.29) is 22.6 Å². The summed E-state index contributed by atoms with van der Waals surface area (Å²) >= 11 is 0. The van der Waals surface area contributed by atoms with Crippen LogP contribution < -0.4 is 10.3 Å². The van der Waals surface area contributed by atoms with Crippen LogP contribution in [0.4, 0.5) is 0 Å². The molecule has 1 aliphatic heterocycles. The lowest BCUT2D eigenvalue weighted by atomic mass is 9.82. The highest BCUT2D eigenvalue weighted by molar-refractivity contribution is 5.92. The number of hydrogen-bond acceptors (Lipinski definition) is 6. The third kappa shape index (κ3) is 3.07. The van der Waals surface area contributed by atoms with Gasteiger partial charge in [0.1, 0.15) is 5.69 Å². The molecule has 0 radical (unpaired) electrons. The van der Waals surface area contributed by atoms with Crippen molar-refractivity contribution in [3.8, 4) is 6.01 Å². The molecule has 1 N–H and O–H groups in total. The Morgan fingerprint density at radius 2 is 2.19 bits per heavy atom. The highest BCUT2D eigenvalue weighted by atomic mass is 16.5. The number of nitrogens with one attached hydrogen (secondary N) is 1. The van der Waals surface area contributed by atoms with Gasteiger partial charge in [0, 0.05) is 37.0 Å². The molecule has 8 nitrogen and oxygen atoms in total. The van der Waals surface area contributed by atoms with Crippen molar-refractivity contribution in [2.45, 2.75) is 26.2 Å². The van der Waals surface area contributed by atoms with E-state index >= 15 is 0 Å². The summed E-state index contributed by atoms with van der Waals surface area (Å²) in [7, 11) is 0. The van der Waals surface area contributed by atoms with Crippen LogP contribution in [0.15, 0.2) is 29.6 Å². The van der Waals surface area contributed by atoms with E-state index in [1.165, 1.54) is 12.4 Å². The molecule has 3 heterocycles. The maximum Gasteiger partial charge on any atom is 0.316 e. The zero-order valence-electron chi connectivity index (χ0n) is 14.6. The summed E-state index contributed by atoms with van der Waals surface area (Å²) in [6.07, 6.45) is 7.94. The van der Waals surface area contributed by atoms with Gasteiger partial charge in [-0.2, -0.15) is 0 Å². The summed E-state index contributed by atoms with van der Waals surface area (Å²) < 4.78 is 5.87. The Bertz CT molecular complexity index is 866. The summed E-state index contributed by atoms with van der Waals surface area (Å²) in [4.78, 5) is 40.8. The minimum absolute atomic E-state index is 0.0783. The molecule has 1 saturated heterocycles. The second-order valence-corrected chi connectivity index (χ2v) is 7.27. The van der Waals surface area contributed by atoms with Gasteiger partial charge >= 0.3 is 6.01 Å². The lowest BCUT2D eigenvalue weighted by molar-refractivity contribution is 0.0736. The van der Waals surface area contributed by atoms with Crippen molar-refractivity contribution >= 4 is 5.91 Å². The van der Waals surface area contributed by atoms with Gasteiger partial charge in [0.05, 0.1) is 12.9 Å². The van der Waals surface area contributed by atoms with Crippen LogP contribution in [-0.4, -0.2) is 50.4 Å². The minimum Gasteiger partial charge on any atom is -0.463 e. The fourth-order valence-electron chi connectivity index (χ4n) is 4.12. The predicted molar refractivity (Wildman–Crippen MR) is 92.8 cm³/mol. The van der Waals surface area contributed by atoms with Crippen LogP contribution in [0.1, 0.15) is 35.3 Å². The standard InChI is InChI=1S/C18H21N5O3/c1-12-6-19-17(20-7-12)26-10-18-4-2-3-13(18)8-23(9-18)16(25)14-5-15(24)22-11-21-14/h5-7,11,13H,2-4,8-10H2,1H3,(H,21,22,24). The van der Waals surface area contributed by atoms with E-state index in [4.69, 9.17) is 4.74 Å². The van der Waals surface area contributed by atoms with Gasteiger partial charge in [-0.25, -0.2) is 15.0 Å². The summed E-state index contributed by atoms with van der Waals surface area (Å²) in [5, 5.41) is 0. The topological polar surface area (TPSA) is 101 Å². The summed E-state index contributed by atoms with van der Waals surface area (Å²) in [6.45, 7) is 3.70.